The van der Waals surface area contributed by atoms with Gasteiger partial charge in [0.15, 0.2) is 5.82 Å². The summed E-state index contributed by atoms with van der Waals surface area (Å²) in [6.07, 6.45) is 7.92. The Morgan fingerprint density at radius 1 is 1.29 bits per heavy atom. The summed E-state index contributed by atoms with van der Waals surface area (Å²) in [6, 6.07) is 3.88. The zero-order chi connectivity index (χ0) is 16.1. The molecule has 130 valence electrons. The van der Waals surface area contributed by atoms with Crippen LogP contribution in [0.1, 0.15) is 49.5 Å². The maximum Gasteiger partial charge on any atom is 0.232 e. The molecule has 1 amide bonds. The average molecular weight is 352 g/mol. The number of aromatic nitrogens is 3. The molecule has 24 heavy (non-hydrogen) atoms. The quantitative estimate of drug-likeness (QED) is 0.853. The molecule has 2 aromatic rings. The minimum atomic E-state index is -0.0464. The third kappa shape index (κ3) is 5.19. The molecule has 8 heteroatoms. The topological polar surface area (TPSA) is 107 Å². The van der Waals surface area contributed by atoms with E-state index in [1.807, 2.05) is 6.07 Å². The summed E-state index contributed by atoms with van der Waals surface area (Å²) < 4.78 is 5.18. The van der Waals surface area contributed by atoms with Gasteiger partial charge in [0.2, 0.25) is 11.8 Å². The minimum Gasteiger partial charge on any atom is -0.397 e. The van der Waals surface area contributed by atoms with E-state index in [9.17, 15) is 4.79 Å². The Labute approximate surface area is 146 Å². The standard InChI is InChI=1S/C16H21N5O2.ClH/c17-11-6-7-13(18-10-11)8-16-20-14(21-23-16)9-15(22)19-12-4-2-1-3-5-12;/h6-7,10,12H,1-5,8-9,17H2,(H,19,22);1H. The van der Waals surface area contributed by atoms with Crippen LogP contribution in [0.2, 0.25) is 0 Å². The van der Waals surface area contributed by atoms with Crippen LogP contribution in [0.5, 0.6) is 0 Å². The van der Waals surface area contributed by atoms with Gasteiger partial charge in [-0.15, -0.1) is 12.4 Å². The molecule has 1 aliphatic rings. The number of nitrogens with two attached hydrogens (primary N) is 1. The third-order valence-corrected chi connectivity index (χ3v) is 3.98. The van der Waals surface area contributed by atoms with Gasteiger partial charge in [-0.25, -0.2) is 0 Å². The first-order valence-electron chi connectivity index (χ1n) is 8.00. The minimum absolute atomic E-state index is 0. The van der Waals surface area contributed by atoms with E-state index in [4.69, 9.17) is 10.3 Å². The first-order valence-corrected chi connectivity index (χ1v) is 8.00. The molecule has 2 aromatic heterocycles. The smallest absolute Gasteiger partial charge is 0.232 e. The van der Waals surface area contributed by atoms with Gasteiger partial charge in [-0.05, 0) is 25.0 Å². The Balaban J connectivity index is 0.00000208. The first-order chi connectivity index (χ1) is 11.2. The van der Waals surface area contributed by atoms with E-state index in [1.54, 1.807) is 12.3 Å². The van der Waals surface area contributed by atoms with E-state index in [2.05, 4.69) is 20.4 Å². The lowest BCUT2D eigenvalue weighted by atomic mass is 9.95. The van der Waals surface area contributed by atoms with Crippen molar-refractivity contribution in [2.24, 2.45) is 0 Å². The Kier molecular flexibility index (Phi) is 6.54. The van der Waals surface area contributed by atoms with Crippen molar-refractivity contribution in [2.45, 2.75) is 51.0 Å². The van der Waals surface area contributed by atoms with Gasteiger partial charge in [-0.3, -0.25) is 9.78 Å². The highest BCUT2D eigenvalue weighted by molar-refractivity contribution is 5.85. The number of nitrogens with one attached hydrogen (secondary N) is 1. The van der Waals surface area contributed by atoms with E-state index < -0.39 is 0 Å². The predicted molar refractivity (Wildman–Crippen MR) is 91.7 cm³/mol. The van der Waals surface area contributed by atoms with Crippen molar-refractivity contribution in [2.75, 3.05) is 5.73 Å². The normalized spacial score (nSPS) is 14.8. The molecule has 0 unspecified atom stereocenters. The van der Waals surface area contributed by atoms with Crippen LogP contribution in [-0.4, -0.2) is 27.1 Å². The maximum absolute atomic E-state index is 12.0. The van der Waals surface area contributed by atoms with Crippen molar-refractivity contribution in [3.05, 3.63) is 35.7 Å². The van der Waals surface area contributed by atoms with Crippen LogP contribution in [0, 0.1) is 0 Å². The predicted octanol–water partition coefficient (Wildman–Crippen LogP) is 2.05. The van der Waals surface area contributed by atoms with Crippen LogP contribution in [0.25, 0.3) is 0 Å². The SMILES string of the molecule is Cl.Nc1ccc(Cc2nc(CC(=O)NC3CCCCC3)no2)nc1. The summed E-state index contributed by atoms with van der Waals surface area (Å²) in [5, 5.41) is 6.91. The number of amides is 1. The molecule has 0 saturated heterocycles. The van der Waals surface area contributed by atoms with Crippen LogP contribution >= 0.6 is 12.4 Å². The average Bonchev–Trinajstić information content (AvgIpc) is 2.97. The number of pyridine rings is 1. The van der Waals surface area contributed by atoms with Crippen molar-refractivity contribution >= 4 is 24.0 Å². The molecule has 0 radical (unpaired) electrons. The summed E-state index contributed by atoms with van der Waals surface area (Å²) >= 11 is 0. The highest BCUT2D eigenvalue weighted by atomic mass is 35.5. The van der Waals surface area contributed by atoms with Crippen molar-refractivity contribution in [3.63, 3.8) is 0 Å². The summed E-state index contributed by atoms with van der Waals surface area (Å²) in [5.74, 6) is 0.807. The number of nitrogens with zero attached hydrogens (tertiary/aromatic N) is 3. The lowest BCUT2D eigenvalue weighted by Gasteiger charge is -2.22. The second-order valence-electron chi connectivity index (χ2n) is 5.94. The van der Waals surface area contributed by atoms with E-state index in [0.29, 0.717) is 29.9 Å². The van der Waals surface area contributed by atoms with E-state index >= 15 is 0 Å². The molecule has 3 rings (SSSR count). The van der Waals surface area contributed by atoms with Gasteiger partial charge in [0.1, 0.15) is 0 Å². The van der Waals surface area contributed by atoms with Crippen LogP contribution in [-0.2, 0) is 17.6 Å². The van der Waals surface area contributed by atoms with Crippen molar-refractivity contribution in [1.82, 2.24) is 20.4 Å². The third-order valence-electron chi connectivity index (χ3n) is 3.98. The van der Waals surface area contributed by atoms with Crippen molar-refractivity contribution in [1.29, 1.82) is 0 Å². The number of anilines is 1. The molecule has 7 nitrogen and oxygen atoms in total. The van der Waals surface area contributed by atoms with E-state index in [1.165, 1.54) is 19.3 Å². The van der Waals surface area contributed by atoms with Gasteiger partial charge in [0, 0.05) is 11.7 Å². The first kappa shape index (κ1) is 18.2. The monoisotopic (exact) mass is 351 g/mol. The Morgan fingerprint density at radius 2 is 2.08 bits per heavy atom. The lowest BCUT2D eigenvalue weighted by molar-refractivity contribution is -0.121. The fourth-order valence-electron chi connectivity index (χ4n) is 2.80. The molecule has 1 saturated carbocycles. The van der Waals surface area contributed by atoms with Gasteiger partial charge in [0.25, 0.3) is 0 Å². The molecule has 0 bridgehead atoms. The summed E-state index contributed by atoms with van der Waals surface area (Å²) in [6.45, 7) is 0. The molecule has 3 N–H and O–H groups in total. The van der Waals surface area contributed by atoms with Crippen LogP contribution in [0.3, 0.4) is 0 Å². The molecule has 1 fully saturated rings. The second kappa shape index (κ2) is 8.63. The second-order valence-corrected chi connectivity index (χ2v) is 5.94. The van der Waals surface area contributed by atoms with Crippen LogP contribution < -0.4 is 11.1 Å². The Bertz CT molecular complexity index is 653. The van der Waals surface area contributed by atoms with Crippen LogP contribution in [0.15, 0.2) is 22.9 Å². The van der Waals surface area contributed by atoms with Crippen molar-refractivity contribution < 1.29 is 9.32 Å². The number of carbonyl (C=O) groups is 1. The van der Waals surface area contributed by atoms with Crippen LogP contribution in [0.4, 0.5) is 5.69 Å². The number of hydrogen-bond acceptors (Lipinski definition) is 6. The molecule has 0 aromatic carbocycles. The Morgan fingerprint density at radius 3 is 2.79 bits per heavy atom. The van der Waals surface area contributed by atoms with Gasteiger partial charge >= 0.3 is 0 Å². The number of hydrogen-bond donors (Lipinski definition) is 2. The molecular weight excluding hydrogens is 330 g/mol. The number of halogens is 1. The van der Waals surface area contributed by atoms with Gasteiger partial charge < -0.3 is 15.6 Å². The molecule has 0 atom stereocenters. The zero-order valence-corrected chi connectivity index (χ0v) is 14.2. The summed E-state index contributed by atoms with van der Waals surface area (Å²) in [5.41, 5.74) is 7.00. The molecule has 2 heterocycles. The fourth-order valence-corrected chi connectivity index (χ4v) is 2.80. The zero-order valence-electron chi connectivity index (χ0n) is 13.4. The number of rotatable bonds is 5. The van der Waals surface area contributed by atoms with Gasteiger partial charge in [-0.2, -0.15) is 4.98 Å². The van der Waals surface area contributed by atoms with E-state index in [-0.39, 0.29) is 24.7 Å². The number of carbonyl (C=O) groups excluding carboxylic acids is 1. The molecular formula is C16H22ClN5O2. The highest BCUT2D eigenvalue weighted by Crippen LogP contribution is 2.17. The Hall–Kier alpha value is -2.15. The highest BCUT2D eigenvalue weighted by Gasteiger charge is 2.17. The fraction of sp³-hybridized carbons (Fsp3) is 0.500. The van der Waals surface area contributed by atoms with Gasteiger partial charge in [-0.1, -0.05) is 24.4 Å². The molecule has 0 spiro atoms. The largest absolute Gasteiger partial charge is 0.397 e. The lowest BCUT2D eigenvalue weighted by Crippen LogP contribution is -2.37. The van der Waals surface area contributed by atoms with E-state index in [0.717, 1.165) is 18.5 Å². The molecule has 0 aliphatic heterocycles. The summed E-state index contributed by atoms with van der Waals surface area (Å²) in [7, 11) is 0. The van der Waals surface area contributed by atoms with Crippen molar-refractivity contribution in [3.8, 4) is 0 Å². The number of nitrogen functional groups attached to an aromatic ring is 1. The van der Waals surface area contributed by atoms with Gasteiger partial charge in [0.05, 0.1) is 24.7 Å². The molecule has 1 aliphatic carbocycles. The maximum atomic E-state index is 12.0. The summed E-state index contributed by atoms with van der Waals surface area (Å²) in [4.78, 5) is 20.5.